The first-order valence-corrected chi connectivity index (χ1v) is 10.8. The first kappa shape index (κ1) is 19.8. The molecule has 0 bridgehead atoms. The van der Waals surface area contributed by atoms with E-state index >= 15 is 0 Å². The van der Waals surface area contributed by atoms with E-state index in [0.717, 1.165) is 19.3 Å². The molecule has 1 aromatic carbocycles. The molecular formula is C19H26N4O3S. The molecule has 1 amide bonds. The van der Waals surface area contributed by atoms with Gasteiger partial charge in [0.1, 0.15) is 5.41 Å². The van der Waals surface area contributed by atoms with E-state index < -0.39 is 15.4 Å². The molecule has 8 heteroatoms. The van der Waals surface area contributed by atoms with Gasteiger partial charge in [0.05, 0.1) is 11.0 Å². The van der Waals surface area contributed by atoms with Gasteiger partial charge >= 0.3 is 0 Å². The summed E-state index contributed by atoms with van der Waals surface area (Å²) in [4.78, 5) is 14.9. The Morgan fingerprint density at radius 1 is 1.07 bits per heavy atom. The highest BCUT2D eigenvalue weighted by molar-refractivity contribution is 7.89. The molecule has 1 N–H and O–H groups in total. The highest BCUT2D eigenvalue weighted by atomic mass is 32.2. The number of nitrogens with zero attached hydrogens (tertiary/aromatic N) is 3. The lowest BCUT2D eigenvalue weighted by atomic mass is 9.74. The number of anilines is 1. The number of benzene rings is 1. The molecule has 2 aliphatic rings. The maximum Gasteiger partial charge on any atom is 0.244 e. The number of piperazine rings is 1. The lowest BCUT2D eigenvalue weighted by Crippen LogP contribution is -2.47. The molecular weight excluding hydrogens is 364 g/mol. The molecule has 1 aliphatic heterocycles. The Bertz CT molecular complexity index is 816. The van der Waals surface area contributed by atoms with Gasteiger partial charge in [0, 0.05) is 31.9 Å². The number of likely N-dealkylation sites (N-methyl/N-ethyl adjacent to an activating group) is 1. The molecule has 1 saturated heterocycles. The monoisotopic (exact) mass is 390 g/mol. The molecule has 27 heavy (non-hydrogen) atoms. The second-order valence-corrected chi connectivity index (χ2v) is 9.38. The van der Waals surface area contributed by atoms with E-state index in [9.17, 15) is 18.5 Å². The molecule has 0 unspecified atom stereocenters. The average Bonchev–Trinajstić information content (AvgIpc) is 2.69. The summed E-state index contributed by atoms with van der Waals surface area (Å²) in [5.41, 5.74) is -0.458. The van der Waals surface area contributed by atoms with Crippen LogP contribution in [0.3, 0.4) is 0 Å². The van der Waals surface area contributed by atoms with Crippen molar-refractivity contribution >= 4 is 21.6 Å². The normalized spacial score (nSPS) is 21.3. The van der Waals surface area contributed by atoms with Crippen LogP contribution in [-0.4, -0.2) is 56.8 Å². The number of nitrogens with one attached hydrogen (secondary N) is 1. The lowest BCUT2D eigenvalue weighted by molar-refractivity contribution is -0.124. The van der Waals surface area contributed by atoms with Crippen LogP contribution in [0.4, 0.5) is 5.69 Å². The zero-order valence-electron chi connectivity index (χ0n) is 15.6. The first-order valence-electron chi connectivity index (χ1n) is 9.39. The van der Waals surface area contributed by atoms with E-state index in [1.165, 1.54) is 16.4 Å². The molecule has 0 aromatic heterocycles. The number of nitriles is 1. The van der Waals surface area contributed by atoms with Gasteiger partial charge in [-0.1, -0.05) is 19.3 Å². The highest BCUT2D eigenvalue weighted by Gasteiger charge is 2.39. The number of rotatable bonds is 4. The Morgan fingerprint density at radius 3 is 2.22 bits per heavy atom. The maximum absolute atomic E-state index is 12.7. The third-order valence-corrected chi connectivity index (χ3v) is 7.48. The van der Waals surface area contributed by atoms with Crippen molar-refractivity contribution < 1.29 is 13.2 Å². The number of carbonyl (C=O) groups excluding carboxylic acids is 1. The Kier molecular flexibility index (Phi) is 5.84. The Morgan fingerprint density at radius 2 is 1.67 bits per heavy atom. The fraction of sp³-hybridized carbons (Fsp3) is 0.579. The first-order chi connectivity index (χ1) is 12.9. The molecule has 0 atom stereocenters. The van der Waals surface area contributed by atoms with Crippen molar-refractivity contribution in [1.82, 2.24) is 9.21 Å². The zero-order valence-corrected chi connectivity index (χ0v) is 16.5. The van der Waals surface area contributed by atoms with Crippen LogP contribution in [0, 0.1) is 16.7 Å². The van der Waals surface area contributed by atoms with Gasteiger partial charge in [0.2, 0.25) is 15.9 Å². The van der Waals surface area contributed by atoms with Crippen molar-refractivity contribution in [3.8, 4) is 6.07 Å². The second-order valence-electron chi connectivity index (χ2n) is 7.44. The Hall–Kier alpha value is -1.95. The van der Waals surface area contributed by atoms with Gasteiger partial charge in [0.15, 0.2) is 0 Å². The predicted molar refractivity (Wildman–Crippen MR) is 102 cm³/mol. The topological polar surface area (TPSA) is 93.5 Å². The van der Waals surface area contributed by atoms with Crippen LogP contribution in [0.1, 0.15) is 32.1 Å². The van der Waals surface area contributed by atoms with Gasteiger partial charge in [0.25, 0.3) is 0 Å². The third-order valence-electron chi connectivity index (χ3n) is 5.57. The van der Waals surface area contributed by atoms with Crippen LogP contribution >= 0.6 is 0 Å². The van der Waals surface area contributed by atoms with Gasteiger partial charge < -0.3 is 10.2 Å². The van der Waals surface area contributed by atoms with Crippen LogP contribution < -0.4 is 5.32 Å². The minimum absolute atomic E-state index is 0.220. The maximum atomic E-state index is 12.7. The molecule has 7 nitrogen and oxygen atoms in total. The number of hydrogen-bond acceptors (Lipinski definition) is 5. The summed E-state index contributed by atoms with van der Waals surface area (Å²) in [6.07, 6.45) is 3.96. The van der Waals surface area contributed by atoms with Gasteiger partial charge in [-0.3, -0.25) is 4.79 Å². The number of sulfonamides is 1. The molecule has 1 aliphatic carbocycles. The zero-order chi connectivity index (χ0) is 19.5. The summed E-state index contributed by atoms with van der Waals surface area (Å²) >= 11 is 0. The van der Waals surface area contributed by atoms with Gasteiger partial charge in [-0.15, -0.1) is 0 Å². The number of amides is 1. The largest absolute Gasteiger partial charge is 0.325 e. The summed E-state index contributed by atoms with van der Waals surface area (Å²) < 4.78 is 27.0. The third kappa shape index (κ3) is 4.15. The van der Waals surface area contributed by atoms with Crippen molar-refractivity contribution in [3.63, 3.8) is 0 Å². The Labute approximate surface area is 161 Å². The van der Waals surface area contributed by atoms with Crippen LogP contribution in [0.25, 0.3) is 0 Å². The van der Waals surface area contributed by atoms with E-state index in [4.69, 9.17) is 0 Å². The minimum atomic E-state index is -3.53. The van der Waals surface area contributed by atoms with Crippen LogP contribution in [-0.2, 0) is 14.8 Å². The molecule has 2 fully saturated rings. The highest BCUT2D eigenvalue weighted by Crippen LogP contribution is 2.36. The fourth-order valence-electron chi connectivity index (χ4n) is 3.68. The quantitative estimate of drug-likeness (QED) is 0.849. The lowest BCUT2D eigenvalue weighted by Gasteiger charge is -2.31. The van der Waals surface area contributed by atoms with E-state index in [2.05, 4.69) is 16.3 Å². The van der Waals surface area contributed by atoms with Crippen LogP contribution in [0.15, 0.2) is 29.2 Å². The van der Waals surface area contributed by atoms with Gasteiger partial charge in [-0.2, -0.15) is 9.57 Å². The van der Waals surface area contributed by atoms with Crippen molar-refractivity contribution in [1.29, 1.82) is 5.26 Å². The summed E-state index contributed by atoms with van der Waals surface area (Å²) in [6.45, 7) is 2.37. The second kappa shape index (κ2) is 7.97. The van der Waals surface area contributed by atoms with Crippen LogP contribution in [0.5, 0.6) is 0 Å². The summed E-state index contributed by atoms with van der Waals surface area (Å²) in [6, 6.07) is 8.42. The van der Waals surface area contributed by atoms with E-state index in [1.54, 1.807) is 12.1 Å². The molecule has 1 aromatic rings. The number of hydrogen-bond donors (Lipinski definition) is 1. The van der Waals surface area contributed by atoms with Crippen LogP contribution in [0.2, 0.25) is 0 Å². The minimum Gasteiger partial charge on any atom is -0.325 e. The Balaban J connectivity index is 1.70. The summed E-state index contributed by atoms with van der Waals surface area (Å²) in [7, 11) is -1.55. The van der Waals surface area contributed by atoms with Gasteiger partial charge in [-0.05, 0) is 44.2 Å². The van der Waals surface area contributed by atoms with Crippen molar-refractivity contribution in [2.75, 3.05) is 38.5 Å². The SMILES string of the molecule is CN1CCN(S(=O)(=O)c2ccc(NC(=O)C3(C#N)CCCCC3)cc2)CC1. The van der Waals surface area contributed by atoms with Crippen molar-refractivity contribution in [2.24, 2.45) is 5.41 Å². The molecule has 0 spiro atoms. The summed E-state index contributed by atoms with van der Waals surface area (Å²) in [5, 5.41) is 12.3. The van der Waals surface area contributed by atoms with E-state index in [0.29, 0.717) is 44.7 Å². The predicted octanol–water partition coefficient (Wildman–Crippen LogP) is 2.04. The standard InChI is InChI=1S/C19H26N4O3S/c1-22-11-13-23(14-12-22)27(25,26)17-7-5-16(6-8-17)21-18(24)19(15-20)9-3-2-4-10-19/h5-8H,2-4,9-14H2,1H3,(H,21,24). The van der Waals surface area contributed by atoms with E-state index in [-0.39, 0.29) is 10.8 Å². The van der Waals surface area contributed by atoms with Crippen molar-refractivity contribution in [3.05, 3.63) is 24.3 Å². The molecule has 1 saturated carbocycles. The fourth-order valence-corrected chi connectivity index (χ4v) is 5.11. The molecule has 1 heterocycles. The average molecular weight is 391 g/mol. The smallest absolute Gasteiger partial charge is 0.244 e. The number of carbonyl (C=O) groups is 1. The molecule has 0 radical (unpaired) electrons. The van der Waals surface area contributed by atoms with Gasteiger partial charge in [-0.25, -0.2) is 8.42 Å². The van der Waals surface area contributed by atoms with Crippen molar-refractivity contribution in [2.45, 2.75) is 37.0 Å². The molecule has 3 rings (SSSR count). The molecule has 146 valence electrons. The van der Waals surface area contributed by atoms with E-state index in [1.807, 2.05) is 7.05 Å². The summed E-state index contributed by atoms with van der Waals surface area (Å²) in [5.74, 6) is -0.292.